The largest absolute Gasteiger partial charge is 0.374 e. The van der Waals surface area contributed by atoms with E-state index in [-0.39, 0.29) is 0 Å². The molecular formula is C10H13N3O. The van der Waals surface area contributed by atoms with E-state index in [0.717, 1.165) is 10.9 Å². The van der Waals surface area contributed by atoms with Crippen LogP contribution in [0.25, 0.3) is 10.9 Å². The summed E-state index contributed by atoms with van der Waals surface area (Å²) >= 11 is 0. The molecule has 14 heavy (non-hydrogen) atoms. The topological polar surface area (TPSA) is 60.9 Å². The van der Waals surface area contributed by atoms with E-state index >= 15 is 0 Å². The van der Waals surface area contributed by atoms with E-state index in [1.807, 2.05) is 25.1 Å². The molecule has 3 N–H and O–H groups in total. The molecule has 4 heteroatoms. The van der Waals surface area contributed by atoms with Gasteiger partial charge in [0.2, 0.25) is 0 Å². The standard InChI is InChI=1S/C10H13N3O/c1-6-3-4-8-9(5-6)12-13-10(8)11-7(2)14/h3-5,7,14H,1-2H3,(H2,11,12,13). The Hall–Kier alpha value is -1.55. The molecule has 0 saturated carbocycles. The number of anilines is 1. The van der Waals surface area contributed by atoms with Gasteiger partial charge in [0.25, 0.3) is 0 Å². The Morgan fingerprint density at radius 2 is 2.29 bits per heavy atom. The van der Waals surface area contributed by atoms with Crippen molar-refractivity contribution < 1.29 is 5.11 Å². The minimum Gasteiger partial charge on any atom is -0.374 e. The van der Waals surface area contributed by atoms with Crippen LogP contribution in [0.4, 0.5) is 5.82 Å². The van der Waals surface area contributed by atoms with Crippen LogP contribution in [0.1, 0.15) is 12.5 Å². The average Bonchev–Trinajstić information content (AvgIpc) is 2.47. The Morgan fingerprint density at radius 1 is 1.50 bits per heavy atom. The molecule has 2 rings (SSSR count). The van der Waals surface area contributed by atoms with Gasteiger partial charge in [-0.3, -0.25) is 5.10 Å². The third-order valence-corrected chi connectivity index (χ3v) is 2.06. The highest BCUT2D eigenvalue weighted by Crippen LogP contribution is 2.21. The van der Waals surface area contributed by atoms with Crippen LogP contribution < -0.4 is 5.32 Å². The summed E-state index contributed by atoms with van der Waals surface area (Å²) in [4.78, 5) is 0. The maximum Gasteiger partial charge on any atom is 0.157 e. The summed E-state index contributed by atoms with van der Waals surface area (Å²) in [5.41, 5.74) is 2.16. The summed E-state index contributed by atoms with van der Waals surface area (Å²) in [7, 11) is 0. The molecule has 1 atom stereocenters. The van der Waals surface area contributed by atoms with Gasteiger partial charge in [-0.1, -0.05) is 6.07 Å². The first-order chi connectivity index (χ1) is 6.66. The van der Waals surface area contributed by atoms with E-state index in [0.29, 0.717) is 5.82 Å². The van der Waals surface area contributed by atoms with Gasteiger partial charge in [-0.15, -0.1) is 0 Å². The summed E-state index contributed by atoms with van der Waals surface area (Å²) in [6.07, 6.45) is -0.595. The second kappa shape index (κ2) is 3.31. The smallest absolute Gasteiger partial charge is 0.157 e. The van der Waals surface area contributed by atoms with Crippen molar-refractivity contribution in [2.24, 2.45) is 0 Å². The fraction of sp³-hybridized carbons (Fsp3) is 0.300. The molecule has 1 aromatic heterocycles. The van der Waals surface area contributed by atoms with Crippen molar-refractivity contribution in [1.29, 1.82) is 0 Å². The lowest BCUT2D eigenvalue weighted by atomic mass is 10.2. The van der Waals surface area contributed by atoms with Crippen molar-refractivity contribution in [3.63, 3.8) is 0 Å². The van der Waals surface area contributed by atoms with Crippen LogP contribution in [0.5, 0.6) is 0 Å². The number of H-pyrrole nitrogens is 1. The third kappa shape index (κ3) is 1.56. The number of hydrogen-bond acceptors (Lipinski definition) is 3. The van der Waals surface area contributed by atoms with Crippen molar-refractivity contribution in [3.8, 4) is 0 Å². The molecule has 0 radical (unpaired) electrons. The second-order valence-corrected chi connectivity index (χ2v) is 3.44. The van der Waals surface area contributed by atoms with Gasteiger partial charge in [0.05, 0.1) is 5.52 Å². The minimum absolute atomic E-state index is 0.595. The summed E-state index contributed by atoms with van der Waals surface area (Å²) in [6, 6.07) is 6.03. The number of fused-ring (bicyclic) bond motifs is 1. The van der Waals surface area contributed by atoms with Crippen molar-refractivity contribution in [3.05, 3.63) is 23.8 Å². The van der Waals surface area contributed by atoms with E-state index in [2.05, 4.69) is 15.5 Å². The van der Waals surface area contributed by atoms with E-state index in [4.69, 9.17) is 0 Å². The lowest BCUT2D eigenvalue weighted by Crippen LogP contribution is -2.13. The summed E-state index contributed by atoms with van der Waals surface area (Å²) < 4.78 is 0. The molecular weight excluding hydrogens is 178 g/mol. The van der Waals surface area contributed by atoms with Crippen LogP contribution in [0, 0.1) is 6.92 Å². The fourth-order valence-corrected chi connectivity index (χ4v) is 1.44. The predicted octanol–water partition coefficient (Wildman–Crippen LogP) is 1.62. The lowest BCUT2D eigenvalue weighted by Gasteiger charge is -2.05. The van der Waals surface area contributed by atoms with Gasteiger partial charge in [0.1, 0.15) is 6.23 Å². The SMILES string of the molecule is Cc1ccc2c(NC(C)O)n[nH]c2c1. The molecule has 1 unspecified atom stereocenters. The first-order valence-corrected chi connectivity index (χ1v) is 4.56. The molecule has 2 aromatic rings. The van der Waals surface area contributed by atoms with Gasteiger partial charge < -0.3 is 10.4 Å². The third-order valence-electron chi connectivity index (χ3n) is 2.06. The van der Waals surface area contributed by atoms with Crippen LogP contribution in [0.3, 0.4) is 0 Å². The zero-order chi connectivity index (χ0) is 10.1. The zero-order valence-electron chi connectivity index (χ0n) is 8.20. The first kappa shape index (κ1) is 9.02. The predicted molar refractivity (Wildman–Crippen MR) is 56.1 cm³/mol. The van der Waals surface area contributed by atoms with E-state index < -0.39 is 6.23 Å². The number of nitrogens with one attached hydrogen (secondary N) is 2. The van der Waals surface area contributed by atoms with Gasteiger partial charge >= 0.3 is 0 Å². The van der Waals surface area contributed by atoms with E-state index in [1.54, 1.807) is 6.92 Å². The van der Waals surface area contributed by atoms with Crippen LogP contribution in [-0.4, -0.2) is 21.5 Å². The molecule has 0 aliphatic heterocycles. The maximum absolute atomic E-state index is 9.17. The van der Waals surface area contributed by atoms with Gasteiger partial charge in [0.15, 0.2) is 5.82 Å². The van der Waals surface area contributed by atoms with Crippen molar-refractivity contribution in [1.82, 2.24) is 10.2 Å². The van der Waals surface area contributed by atoms with Gasteiger partial charge in [-0.05, 0) is 31.5 Å². The molecule has 0 saturated heterocycles. The highest BCUT2D eigenvalue weighted by atomic mass is 16.3. The summed E-state index contributed by atoms with van der Waals surface area (Å²) in [5, 5.41) is 20.0. The van der Waals surface area contributed by atoms with Gasteiger partial charge in [0, 0.05) is 5.39 Å². The Bertz CT molecular complexity index is 448. The van der Waals surface area contributed by atoms with Crippen LogP contribution in [0.2, 0.25) is 0 Å². The van der Waals surface area contributed by atoms with Crippen molar-refractivity contribution in [2.75, 3.05) is 5.32 Å². The molecule has 0 fully saturated rings. The number of aromatic amines is 1. The van der Waals surface area contributed by atoms with E-state index in [1.165, 1.54) is 5.56 Å². The van der Waals surface area contributed by atoms with Gasteiger partial charge in [-0.25, -0.2) is 0 Å². The maximum atomic E-state index is 9.17. The molecule has 0 spiro atoms. The molecule has 0 aliphatic rings. The highest BCUT2D eigenvalue weighted by Gasteiger charge is 2.06. The minimum atomic E-state index is -0.595. The summed E-state index contributed by atoms with van der Waals surface area (Å²) in [6.45, 7) is 3.69. The molecule has 1 heterocycles. The molecule has 1 aromatic carbocycles. The number of rotatable bonds is 2. The monoisotopic (exact) mass is 191 g/mol. The van der Waals surface area contributed by atoms with Crippen molar-refractivity contribution in [2.45, 2.75) is 20.1 Å². The Morgan fingerprint density at radius 3 is 3.00 bits per heavy atom. The first-order valence-electron chi connectivity index (χ1n) is 4.56. The highest BCUT2D eigenvalue weighted by molar-refractivity contribution is 5.90. The molecule has 0 amide bonds. The number of aliphatic hydroxyl groups is 1. The van der Waals surface area contributed by atoms with Crippen LogP contribution in [-0.2, 0) is 0 Å². The Kier molecular flexibility index (Phi) is 2.13. The lowest BCUT2D eigenvalue weighted by molar-refractivity contribution is 0.224. The Balaban J connectivity index is 2.47. The fourth-order valence-electron chi connectivity index (χ4n) is 1.44. The molecule has 4 nitrogen and oxygen atoms in total. The van der Waals surface area contributed by atoms with E-state index in [9.17, 15) is 5.11 Å². The number of hydrogen-bond donors (Lipinski definition) is 3. The average molecular weight is 191 g/mol. The molecule has 0 bridgehead atoms. The number of aryl methyl sites for hydroxylation is 1. The van der Waals surface area contributed by atoms with Crippen LogP contribution >= 0.6 is 0 Å². The van der Waals surface area contributed by atoms with Gasteiger partial charge in [-0.2, -0.15) is 5.10 Å². The Labute approximate surface area is 81.9 Å². The van der Waals surface area contributed by atoms with Crippen LogP contribution in [0.15, 0.2) is 18.2 Å². The zero-order valence-corrected chi connectivity index (χ0v) is 8.20. The quantitative estimate of drug-likeness (QED) is 0.632. The number of aromatic nitrogens is 2. The number of benzene rings is 1. The summed E-state index contributed by atoms with van der Waals surface area (Å²) in [5.74, 6) is 0.690. The molecule has 74 valence electrons. The number of nitrogens with zero attached hydrogens (tertiary/aromatic N) is 1. The second-order valence-electron chi connectivity index (χ2n) is 3.44. The normalized spacial score (nSPS) is 13.1. The molecule has 0 aliphatic carbocycles. The van der Waals surface area contributed by atoms with Crippen molar-refractivity contribution >= 4 is 16.7 Å². The number of aliphatic hydroxyl groups excluding tert-OH is 1.